The minimum absolute atomic E-state index is 0.0408. The van der Waals surface area contributed by atoms with Crippen molar-refractivity contribution in [2.24, 2.45) is 0 Å². The van der Waals surface area contributed by atoms with Gasteiger partial charge in [-0.25, -0.2) is 0 Å². The van der Waals surface area contributed by atoms with Crippen LogP contribution in [0.25, 0.3) is 0 Å². The highest BCUT2D eigenvalue weighted by atomic mass is 32.2. The molecule has 8 heteroatoms. The highest BCUT2D eigenvalue weighted by molar-refractivity contribution is 8.08. The largest absolute Gasteiger partial charge is 0.346 e. The van der Waals surface area contributed by atoms with E-state index in [1.54, 1.807) is 23.9 Å². The van der Waals surface area contributed by atoms with Crippen LogP contribution in [0.5, 0.6) is 0 Å². The maximum atomic E-state index is 11.2. The topological polar surface area (TPSA) is 75.1 Å². The third-order valence-corrected chi connectivity index (χ3v) is 9.88. The third kappa shape index (κ3) is 3.38. The molecule has 2 aromatic carbocycles. The molecule has 0 saturated heterocycles. The van der Waals surface area contributed by atoms with E-state index in [-0.39, 0.29) is 21.4 Å². The molecule has 3 aliphatic rings. The Morgan fingerprint density at radius 3 is 2.58 bits per heavy atom. The first-order chi connectivity index (χ1) is 16.1. The number of hydrogen-bond donors (Lipinski definition) is 1. The molecule has 1 aliphatic carbocycles. The lowest BCUT2D eigenvalue weighted by atomic mass is 9.90. The van der Waals surface area contributed by atoms with Gasteiger partial charge in [0.1, 0.15) is 5.03 Å². The normalized spacial score (nSPS) is 20.9. The molecule has 1 unspecified atom stereocenters. The van der Waals surface area contributed by atoms with Crippen molar-refractivity contribution in [2.45, 2.75) is 55.0 Å². The summed E-state index contributed by atoms with van der Waals surface area (Å²) >= 11 is 3.81. The zero-order valence-electron chi connectivity index (χ0n) is 18.3. The number of nitro benzene ring substituents is 1. The van der Waals surface area contributed by atoms with Crippen molar-refractivity contribution in [3.8, 4) is 0 Å². The first-order valence-corrected chi connectivity index (χ1v) is 12.9. The summed E-state index contributed by atoms with van der Waals surface area (Å²) < 4.78 is 0. The molecular weight excluding hydrogens is 452 g/mol. The molecular formula is C25H24N4O2S2. The molecule has 33 heavy (non-hydrogen) atoms. The van der Waals surface area contributed by atoms with E-state index in [1.165, 1.54) is 46.7 Å². The molecule has 3 aromatic rings. The Hall–Kier alpha value is -2.71. The fourth-order valence-electron chi connectivity index (χ4n) is 5.35. The maximum absolute atomic E-state index is 11.2. The third-order valence-electron chi connectivity index (χ3n) is 6.96. The molecule has 6 rings (SSSR count). The monoisotopic (exact) mass is 476 g/mol. The van der Waals surface area contributed by atoms with Gasteiger partial charge in [0.2, 0.25) is 0 Å². The van der Waals surface area contributed by atoms with Crippen LogP contribution in [0, 0.1) is 17.0 Å². The number of benzene rings is 2. The molecule has 0 radical (unpaired) electrons. The number of aromatic amines is 1. The zero-order chi connectivity index (χ0) is 22.6. The number of fused-ring (bicyclic) bond motifs is 1. The first-order valence-electron chi connectivity index (χ1n) is 11.3. The molecule has 3 heterocycles. The SMILES string of the molecule is Cc1[nH]nc2c1C(c1ccc([N+](=O)[O-])cc1)C1=C(S2)N(Cc2ccccc2)C2(CCCC2)S1. The van der Waals surface area contributed by atoms with Crippen molar-refractivity contribution in [1.29, 1.82) is 0 Å². The molecule has 0 bridgehead atoms. The number of aryl methyl sites for hydroxylation is 1. The van der Waals surface area contributed by atoms with Gasteiger partial charge in [-0.05, 0) is 42.7 Å². The smallest absolute Gasteiger partial charge is 0.269 e. The van der Waals surface area contributed by atoms with Crippen LogP contribution >= 0.6 is 23.5 Å². The Morgan fingerprint density at radius 1 is 1.15 bits per heavy atom. The van der Waals surface area contributed by atoms with Crippen LogP contribution < -0.4 is 0 Å². The van der Waals surface area contributed by atoms with E-state index in [4.69, 9.17) is 0 Å². The van der Waals surface area contributed by atoms with E-state index in [0.717, 1.165) is 22.8 Å². The van der Waals surface area contributed by atoms with Gasteiger partial charge in [-0.3, -0.25) is 15.2 Å². The van der Waals surface area contributed by atoms with E-state index in [2.05, 4.69) is 52.4 Å². The van der Waals surface area contributed by atoms with Crippen molar-refractivity contribution < 1.29 is 4.92 Å². The number of nitrogens with one attached hydrogen (secondary N) is 1. The quantitative estimate of drug-likeness (QED) is 0.340. The fourth-order valence-corrected chi connectivity index (χ4v) is 8.62. The standard InChI is InChI=1S/C25H24N4O2S2/c1-16-20-21(18-9-11-19(12-10-18)29(30)31)22-24(32-23(20)27-26-16)28(15-17-7-3-2-4-8-17)25(33-22)13-5-6-14-25/h2-4,7-12,21H,5-6,13-15H2,1H3,(H,26,27). The number of rotatable bonds is 4. The van der Waals surface area contributed by atoms with Gasteiger partial charge < -0.3 is 4.90 Å². The number of thioether (sulfide) groups is 2. The zero-order valence-corrected chi connectivity index (χ0v) is 19.9. The van der Waals surface area contributed by atoms with Gasteiger partial charge in [0.25, 0.3) is 5.69 Å². The Labute approximate surface area is 201 Å². The Bertz CT molecular complexity index is 1250. The van der Waals surface area contributed by atoms with E-state index in [1.807, 2.05) is 23.9 Å². The lowest BCUT2D eigenvalue weighted by molar-refractivity contribution is -0.384. The summed E-state index contributed by atoms with van der Waals surface area (Å²) in [6.45, 7) is 2.95. The second-order valence-electron chi connectivity index (χ2n) is 8.95. The molecule has 1 atom stereocenters. The number of nitrogens with zero attached hydrogens (tertiary/aromatic N) is 3. The Balaban J connectivity index is 1.48. The number of non-ortho nitro benzene ring substituents is 1. The van der Waals surface area contributed by atoms with E-state index in [0.29, 0.717) is 0 Å². The first kappa shape index (κ1) is 20.9. The lowest BCUT2D eigenvalue weighted by Gasteiger charge is -2.37. The predicted octanol–water partition coefficient (Wildman–Crippen LogP) is 6.55. The van der Waals surface area contributed by atoms with Crippen molar-refractivity contribution in [2.75, 3.05) is 0 Å². The summed E-state index contributed by atoms with van der Waals surface area (Å²) in [5.74, 6) is 0.0408. The Kier molecular flexibility index (Phi) is 5.03. The molecule has 1 spiro atoms. The minimum atomic E-state index is -0.334. The van der Waals surface area contributed by atoms with Gasteiger partial charge >= 0.3 is 0 Å². The van der Waals surface area contributed by atoms with Gasteiger partial charge in [0.05, 0.1) is 14.8 Å². The number of hydrogen-bond acceptors (Lipinski definition) is 6. The van der Waals surface area contributed by atoms with E-state index >= 15 is 0 Å². The molecule has 1 aromatic heterocycles. The second-order valence-corrected chi connectivity index (χ2v) is 11.3. The highest BCUT2D eigenvalue weighted by Gasteiger charge is 2.52. The van der Waals surface area contributed by atoms with Crippen LogP contribution in [-0.4, -0.2) is 24.9 Å². The summed E-state index contributed by atoms with van der Waals surface area (Å²) in [6.07, 6.45) is 4.84. The predicted molar refractivity (Wildman–Crippen MR) is 132 cm³/mol. The van der Waals surface area contributed by atoms with E-state index in [9.17, 15) is 10.1 Å². The fraction of sp³-hybridized carbons (Fsp3) is 0.320. The molecule has 1 fully saturated rings. The van der Waals surface area contributed by atoms with Gasteiger partial charge in [-0.1, -0.05) is 67.1 Å². The van der Waals surface area contributed by atoms with Gasteiger partial charge in [-0.2, -0.15) is 5.10 Å². The molecule has 1 N–H and O–H groups in total. The maximum Gasteiger partial charge on any atom is 0.269 e. The summed E-state index contributed by atoms with van der Waals surface area (Å²) in [4.78, 5) is 15.0. The van der Waals surface area contributed by atoms with Crippen molar-refractivity contribution in [1.82, 2.24) is 15.1 Å². The van der Waals surface area contributed by atoms with Crippen molar-refractivity contribution >= 4 is 29.2 Å². The Morgan fingerprint density at radius 2 is 1.88 bits per heavy atom. The summed E-state index contributed by atoms with van der Waals surface area (Å²) in [5.41, 5.74) is 4.79. The number of H-pyrrole nitrogens is 1. The summed E-state index contributed by atoms with van der Waals surface area (Å²) in [5, 5.41) is 21.4. The van der Waals surface area contributed by atoms with Crippen LogP contribution in [0.2, 0.25) is 0 Å². The van der Waals surface area contributed by atoms with Crippen LogP contribution in [0.3, 0.4) is 0 Å². The van der Waals surface area contributed by atoms with Gasteiger partial charge in [0.15, 0.2) is 0 Å². The van der Waals surface area contributed by atoms with Crippen LogP contribution in [0.4, 0.5) is 5.69 Å². The number of nitro groups is 1. The second kappa shape index (κ2) is 7.95. The van der Waals surface area contributed by atoms with Gasteiger partial charge in [0, 0.05) is 40.8 Å². The molecule has 168 valence electrons. The van der Waals surface area contributed by atoms with Gasteiger partial charge in [-0.15, -0.1) is 0 Å². The number of allylic oxidation sites excluding steroid dienone is 1. The molecule has 6 nitrogen and oxygen atoms in total. The van der Waals surface area contributed by atoms with Crippen LogP contribution in [0.15, 0.2) is 69.6 Å². The average Bonchev–Trinajstić information content (AvgIpc) is 3.53. The number of aromatic nitrogens is 2. The van der Waals surface area contributed by atoms with Crippen molar-refractivity contribution in [3.05, 3.63) is 97.0 Å². The van der Waals surface area contributed by atoms with E-state index < -0.39 is 0 Å². The summed E-state index contributed by atoms with van der Waals surface area (Å²) in [6, 6.07) is 17.8. The highest BCUT2D eigenvalue weighted by Crippen LogP contribution is 2.65. The molecule has 2 aliphatic heterocycles. The molecule has 1 saturated carbocycles. The lowest BCUT2D eigenvalue weighted by Crippen LogP contribution is -2.38. The van der Waals surface area contributed by atoms with Crippen molar-refractivity contribution in [3.63, 3.8) is 0 Å². The summed E-state index contributed by atoms with van der Waals surface area (Å²) in [7, 11) is 0. The van der Waals surface area contributed by atoms with Crippen LogP contribution in [-0.2, 0) is 6.54 Å². The average molecular weight is 477 g/mol. The minimum Gasteiger partial charge on any atom is -0.346 e. The van der Waals surface area contributed by atoms with Crippen LogP contribution in [0.1, 0.15) is 54.0 Å². The molecule has 0 amide bonds.